The highest BCUT2D eigenvalue weighted by Crippen LogP contribution is 2.30. The van der Waals surface area contributed by atoms with Gasteiger partial charge >= 0.3 is 0 Å². The van der Waals surface area contributed by atoms with Gasteiger partial charge in [-0.3, -0.25) is 9.59 Å². The summed E-state index contributed by atoms with van der Waals surface area (Å²) in [5, 5.41) is 3.58. The van der Waals surface area contributed by atoms with E-state index in [1.807, 2.05) is 49.4 Å². The molecule has 1 aliphatic heterocycles. The average Bonchev–Trinajstić information content (AvgIpc) is 2.95. The number of rotatable bonds is 3. The number of carbonyl (C=O) groups excluding carboxylic acids is 1. The zero-order chi connectivity index (χ0) is 17.6. The number of nitrogens with zero attached hydrogens (tertiary/aromatic N) is 1. The van der Waals surface area contributed by atoms with Crippen LogP contribution in [0.2, 0.25) is 0 Å². The summed E-state index contributed by atoms with van der Waals surface area (Å²) in [6.45, 7) is 4.03. The van der Waals surface area contributed by atoms with Crippen molar-refractivity contribution in [2.45, 2.75) is 32.4 Å². The van der Waals surface area contributed by atoms with Crippen LogP contribution < -0.4 is 10.7 Å². The first-order valence-corrected chi connectivity index (χ1v) is 8.59. The van der Waals surface area contributed by atoms with E-state index in [0.29, 0.717) is 5.39 Å². The minimum absolute atomic E-state index is 0.161. The summed E-state index contributed by atoms with van der Waals surface area (Å²) in [7, 11) is 0. The fourth-order valence-electron chi connectivity index (χ4n) is 3.68. The third-order valence-corrected chi connectivity index (χ3v) is 5.02. The Bertz CT molecular complexity index is 1020. The lowest BCUT2D eigenvalue weighted by Gasteiger charge is -2.16. The van der Waals surface area contributed by atoms with E-state index in [2.05, 4.69) is 22.9 Å². The van der Waals surface area contributed by atoms with E-state index in [1.54, 1.807) is 6.20 Å². The molecule has 1 N–H and O–H groups in total. The van der Waals surface area contributed by atoms with Crippen LogP contribution in [0.3, 0.4) is 0 Å². The predicted molar refractivity (Wildman–Crippen MR) is 98.9 cm³/mol. The molecular formula is C21H20N2O2. The molecule has 126 valence electrons. The molecule has 3 aromatic rings. The topological polar surface area (TPSA) is 51.1 Å². The number of hydrogen-bond donors (Lipinski definition) is 1. The zero-order valence-corrected chi connectivity index (χ0v) is 14.3. The van der Waals surface area contributed by atoms with Crippen LogP contribution in [-0.4, -0.2) is 10.5 Å². The minimum Gasteiger partial charge on any atom is -0.345 e. The third-order valence-electron chi connectivity index (χ3n) is 5.02. The van der Waals surface area contributed by atoms with Crippen LogP contribution >= 0.6 is 0 Å². The lowest BCUT2D eigenvalue weighted by molar-refractivity contribution is 0.0938. The smallest absolute Gasteiger partial charge is 0.257 e. The quantitative estimate of drug-likeness (QED) is 0.796. The maximum atomic E-state index is 12.9. The summed E-state index contributed by atoms with van der Waals surface area (Å²) in [6.07, 6.45) is 2.61. The maximum absolute atomic E-state index is 12.9. The van der Waals surface area contributed by atoms with Crippen LogP contribution in [0.5, 0.6) is 0 Å². The maximum Gasteiger partial charge on any atom is 0.257 e. The van der Waals surface area contributed by atoms with Crippen LogP contribution in [0.1, 0.15) is 47.4 Å². The summed E-state index contributed by atoms with van der Waals surface area (Å²) in [5.41, 5.74) is 3.16. The number of amides is 1. The molecule has 2 atom stereocenters. The Morgan fingerprint density at radius 2 is 1.92 bits per heavy atom. The van der Waals surface area contributed by atoms with Crippen molar-refractivity contribution in [2.75, 3.05) is 0 Å². The van der Waals surface area contributed by atoms with Crippen molar-refractivity contribution in [3.05, 3.63) is 81.6 Å². The minimum atomic E-state index is -0.323. The molecule has 4 rings (SSSR count). The molecule has 0 fully saturated rings. The van der Waals surface area contributed by atoms with Gasteiger partial charge in [0.15, 0.2) is 0 Å². The molecule has 4 heteroatoms. The number of aromatic nitrogens is 1. The fourth-order valence-corrected chi connectivity index (χ4v) is 3.68. The van der Waals surface area contributed by atoms with Gasteiger partial charge in [0.05, 0.1) is 11.6 Å². The molecule has 0 bridgehead atoms. The fraction of sp³-hybridized carbons (Fsp3) is 0.238. The Labute approximate surface area is 146 Å². The second-order valence-electron chi connectivity index (χ2n) is 6.75. The largest absolute Gasteiger partial charge is 0.345 e. The van der Waals surface area contributed by atoms with E-state index >= 15 is 0 Å². The number of benzene rings is 2. The molecule has 4 nitrogen and oxygen atoms in total. The summed E-state index contributed by atoms with van der Waals surface area (Å²) >= 11 is 0. The van der Waals surface area contributed by atoms with Crippen molar-refractivity contribution in [2.24, 2.45) is 0 Å². The van der Waals surface area contributed by atoms with Gasteiger partial charge in [-0.2, -0.15) is 0 Å². The van der Waals surface area contributed by atoms with Gasteiger partial charge in [-0.25, -0.2) is 0 Å². The standard InChI is InChI=1S/C21H20N2O2/c1-13-11-16-9-6-10-17-19(16)23(13)12-18(20(17)24)21(25)22-14(2)15-7-4-3-5-8-15/h3-10,12-14H,11H2,1-2H3,(H,22,25)/t13-,14+/m0/s1. The Kier molecular flexibility index (Phi) is 3.68. The Balaban J connectivity index is 1.74. The number of nitrogens with one attached hydrogen (secondary N) is 1. The van der Waals surface area contributed by atoms with Gasteiger partial charge in [0.25, 0.3) is 5.91 Å². The summed E-state index contributed by atoms with van der Waals surface area (Å²) in [4.78, 5) is 25.6. The number of pyridine rings is 1. The van der Waals surface area contributed by atoms with Gasteiger partial charge in [0, 0.05) is 17.6 Å². The van der Waals surface area contributed by atoms with Crippen LogP contribution in [0.25, 0.3) is 10.9 Å². The molecule has 0 spiro atoms. The molecule has 1 aliphatic rings. The predicted octanol–water partition coefficient (Wildman–Crippen LogP) is 3.61. The van der Waals surface area contributed by atoms with E-state index in [-0.39, 0.29) is 29.0 Å². The molecule has 2 aromatic carbocycles. The normalized spacial score (nSPS) is 16.8. The highest BCUT2D eigenvalue weighted by atomic mass is 16.2. The van der Waals surface area contributed by atoms with E-state index < -0.39 is 0 Å². The Morgan fingerprint density at radius 1 is 1.16 bits per heavy atom. The lowest BCUT2D eigenvalue weighted by atomic mass is 10.1. The van der Waals surface area contributed by atoms with Crippen molar-refractivity contribution in [3.8, 4) is 0 Å². The van der Waals surface area contributed by atoms with Gasteiger partial charge in [0.1, 0.15) is 5.56 Å². The zero-order valence-electron chi connectivity index (χ0n) is 14.3. The number of carbonyl (C=O) groups is 1. The molecule has 2 heterocycles. The van der Waals surface area contributed by atoms with Crippen LogP contribution in [0, 0.1) is 0 Å². The highest BCUT2D eigenvalue weighted by molar-refractivity contribution is 5.98. The summed E-state index contributed by atoms with van der Waals surface area (Å²) in [6, 6.07) is 15.6. The van der Waals surface area contributed by atoms with Crippen molar-refractivity contribution < 1.29 is 4.79 Å². The molecule has 1 amide bonds. The van der Waals surface area contributed by atoms with Crippen molar-refractivity contribution in [3.63, 3.8) is 0 Å². The van der Waals surface area contributed by atoms with E-state index in [9.17, 15) is 9.59 Å². The van der Waals surface area contributed by atoms with Gasteiger partial charge < -0.3 is 9.88 Å². The first-order chi connectivity index (χ1) is 12.1. The summed E-state index contributed by atoms with van der Waals surface area (Å²) in [5.74, 6) is -0.323. The second kappa shape index (κ2) is 5.88. The highest BCUT2D eigenvalue weighted by Gasteiger charge is 2.24. The van der Waals surface area contributed by atoms with Crippen LogP contribution in [0.4, 0.5) is 0 Å². The molecule has 0 aliphatic carbocycles. The monoisotopic (exact) mass is 332 g/mol. The van der Waals surface area contributed by atoms with E-state index in [0.717, 1.165) is 17.5 Å². The van der Waals surface area contributed by atoms with Crippen LogP contribution in [0.15, 0.2) is 59.5 Å². The SMILES string of the molecule is C[C@@H](NC(=O)c1cn2c3c(cccc3c1=O)C[C@@H]2C)c1ccccc1. The van der Waals surface area contributed by atoms with Gasteiger partial charge in [0.2, 0.25) is 5.43 Å². The molecule has 1 aromatic heterocycles. The Morgan fingerprint density at radius 3 is 2.68 bits per heavy atom. The first-order valence-electron chi connectivity index (χ1n) is 8.59. The average molecular weight is 332 g/mol. The van der Waals surface area contributed by atoms with Crippen LogP contribution in [-0.2, 0) is 6.42 Å². The van der Waals surface area contributed by atoms with Gasteiger partial charge in [-0.05, 0) is 37.5 Å². The lowest BCUT2D eigenvalue weighted by Crippen LogP contribution is -2.31. The van der Waals surface area contributed by atoms with Crippen molar-refractivity contribution in [1.29, 1.82) is 0 Å². The number of para-hydroxylation sites is 1. The van der Waals surface area contributed by atoms with Gasteiger partial charge in [-0.1, -0.05) is 42.5 Å². The molecule has 0 saturated heterocycles. The molecule has 0 radical (unpaired) electrons. The second-order valence-corrected chi connectivity index (χ2v) is 6.75. The van der Waals surface area contributed by atoms with Crippen molar-refractivity contribution >= 4 is 16.8 Å². The summed E-state index contributed by atoms with van der Waals surface area (Å²) < 4.78 is 2.06. The van der Waals surface area contributed by atoms with E-state index in [1.165, 1.54) is 5.56 Å². The first kappa shape index (κ1) is 15.6. The number of hydrogen-bond acceptors (Lipinski definition) is 2. The van der Waals surface area contributed by atoms with E-state index in [4.69, 9.17) is 0 Å². The molecular weight excluding hydrogens is 312 g/mol. The van der Waals surface area contributed by atoms with Crippen molar-refractivity contribution in [1.82, 2.24) is 9.88 Å². The molecule has 0 unspecified atom stereocenters. The van der Waals surface area contributed by atoms with Gasteiger partial charge in [-0.15, -0.1) is 0 Å². The third kappa shape index (κ3) is 2.54. The molecule has 25 heavy (non-hydrogen) atoms. The molecule has 0 saturated carbocycles. The Hall–Kier alpha value is -2.88.